The summed E-state index contributed by atoms with van der Waals surface area (Å²) in [6, 6.07) is 2.11. The van der Waals surface area contributed by atoms with Crippen molar-refractivity contribution in [2.24, 2.45) is 11.8 Å². The van der Waals surface area contributed by atoms with E-state index in [0.29, 0.717) is 12.0 Å². The van der Waals surface area contributed by atoms with E-state index in [1.54, 1.807) is 12.3 Å². The molecule has 0 bridgehead atoms. The molecule has 1 saturated carbocycles. The maximum Gasteiger partial charge on any atom is 0.141 e. The summed E-state index contributed by atoms with van der Waals surface area (Å²) >= 11 is 0. The number of halogens is 1. The molecule has 2 unspecified atom stereocenters. The highest BCUT2D eigenvalue weighted by molar-refractivity contribution is 5.12. The lowest BCUT2D eigenvalue weighted by Crippen LogP contribution is -2.64. The molecule has 3 nitrogen and oxygen atoms in total. The van der Waals surface area contributed by atoms with Gasteiger partial charge < -0.3 is 5.32 Å². The van der Waals surface area contributed by atoms with Crippen LogP contribution in [0.5, 0.6) is 0 Å². The zero-order valence-corrected chi connectivity index (χ0v) is 13.3. The van der Waals surface area contributed by atoms with Gasteiger partial charge in [0, 0.05) is 37.4 Å². The third-order valence-corrected chi connectivity index (χ3v) is 5.11. The third kappa shape index (κ3) is 3.27. The number of hydrogen-bond acceptors (Lipinski definition) is 3. The van der Waals surface area contributed by atoms with Crippen LogP contribution in [0.2, 0.25) is 0 Å². The van der Waals surface area contributed by atoms with Crippen molar-refractivity contribution < 1.29 is 4.39 Å². The summed E-state index contributed by atoms with van der Waals surface area (Å²) < 4.78 is 13.4. The van der Waals surface area contributed by atoms with Crippen LogP contribution in [-0.4, -0.2) is 34.6 Å². The van der Waals surface area contributed by atoms with Crippen molar-refractivity contribution in [2.45, 2.75) is 51.7 Å². The Morgan fingerprint density at radius 3 is 2.81 bits per heavy atom. The fraction of sp³-hybridized carbons (Fsp3) is 0.706. The van der Waals surface area contributed by atoms with E-state index < -0.39 is 0 Å². The molecular weight excluding hydrogens is 265 g/mol. The lowest BCUT2D eigenvalue weighted by molar-refractivity contribution is 0.0461. The topological polar surface area (TPSA) is 28.2 Å². The number of aromatic nitrogens is 1. The summed E-state index contributed by atoms with van der Waals surface area (Å²) in [7, 11) is 0. The molecule has 2 aliphatic rings. The predicted molar refractivity (Wildman–Crippen MR) is 82.4 cm³/mol. The first-order chi connectivity index (χ1) is 9.98. The van der Waals surface area contributed by atoms with Gasteiger partial charge in [0.2, 0.25) is 0 Å². The number of hydrogen-bond donors (Lipinski definition) is 1. The summed E-state index contributed by atoms with van der Waals surface area (Å²) in [5.74, 6) is 1.15. The molecule has 2 atom stereocenters. The van der Waals surface area contributed by atoms with E-state index in [1.165, 1.54) is 19.0 Å². The molecule has 0 radical (unpaired) electrons. The smallest absolute Gasteiger partial charge is 0.141 e. The van der Waals surface area contributed by atoms with Crippen molar-refractivity contribution in [1.82, 2.24) is 15.2 Å². The summed E-state index contributed by atoms with van der Waals surface area (Å²) in [5, 5.41) is 3.78. The van der Waals surface area contributed by atoms with Crippen molar-refractivity contribution in [3.8, 4) is 0 Å². The Kier molecular flexibility index (Phi) is 4.02. The average Bonchev–Trinajstić information content (AvgIpc) is 3.23. The SMILES string of the molecule is CC(C)C1CNC(C)(C2CC2)CN1Cc1cncc(F)c1. The molecule has 1 saturated heterocycles. The van der Waals surface area contributed by atoms with E-state index >= 15 is 0 Å². The first-order valence-corrected chi connectivity index (χ1v) is 8.06. The normalized spacial score (nSPS) is 30.8. The van der Waals surface area contributed by atoms with Crippen LogP contribution in [0.25, 0.3) is 0 Å². The van der Waals surface area contributed by atoms with Gasteiger partial charge in [-0.05, 0) is 43.2 Å². The highest BCUT2D eigenvalue weighted by atomic mass is 19.1. The van der Waals surface area contributed by atoms with Crippen LogP contribution in [0.4, 0.5) is 4.39 Å². The molecule has 1 N–H and O–H groups in total. The van der Waals surface area contributed by atoms with Gasteiger partial charge in [0.05, 0.1) is 6.20 Å². The van der Waals surface area contributed by atoms with Gasteiger partial charge in [-0.15, -0.1) is 0 Å². The van der Waals surface area contributed by atoms with Gasteiger partial charge in [-0.1, -0.05) is 13.8 Å². The first-order valence-electron chi connectivity index (χ1n) is 8.06. The fourth-order valence-electron chi connectivity index (χ4n) is 3.66. The predicted octanol–water partition coefficient (Wildman–Crippen LogP) is 2.82. The fourth-order valence-corrected chi connectivity index (χ4v) is 3.66. The van der Waals surface area contributed by atoms with Gasteiger partial charge in [0.1, 0.15) is 5.82 Å². The minimum absolute atomic E-state index is 0.214. The molecule has 0 amide bonds. The van der Waals surface area contributed by atoms with Gasteiger partial charge in [-0.3, -0.25) is 9.88 Å². The van der Waals surface area contributed by atoms with Crippen LogP contribution in [0.1, 0.15) is 39.2 Å². The van der Waals surface area contributed by atoms with Crippen LogP contribution in [0.3, 0.4) is 0 Å². The van der Waals surface area contributed by atoms with Gasteiger partial charge >= 0.3 is 0 Å². The molecule has 1 aromatic heterocycles. The van der Waals surface area contributed by atoms with Crippen LogP contribution < -0.4 is 5.32 Å². The Morgan fingerprint density at radius 2 is 2.19 bits per heavy atom. The molecule has 4 heteroatoms. The minimum atomic E-state index is -0.242. The Morgan fingerprint density at radius 1 is 1.43 bits per heavy atom. The molecular formula is C17H26FN3. The largest absolute Gasteiger partial charge is 0.308 e. The highest BCUT2D eigenvalue weighted by Gasteiger charge is 2.46. The number of pyridine rings is 1. The zero-order valence-electron chi connectivity index (χ0n) is 13.3. The van der Waals surface area contributed by atoms with Crippen molar-refractivity contribution in [3.63, 3.8) is 0 Å². The van der Waals surface area contributed by atoms with E-state index in [9.17, 15) is 4.39 Å². The Hall–Kier alpha value is -1.00. The van der Waals surface area contributed by atoms with Crippen molar-refractivity contribution in [1.29, 1.82) is 0 Å². The first kappa shape index (κ1) is 14.9. The van der Waals surface area contributed by atoms with Crippen LogP contribution in [-0.2, 0) is 6.54 Å². The third-order valence-electron chi connectivity index (χ3n) is 5.11. The average molecular weight is 291 g/mol. The monoisotopic (exact) mass is 291 g/mol. The Labute approximate surface area is 126 Å². The second kappa shape index (κ2) is 5.65. The maximum absolute atomic E-state index is 13.4. The molecule has 1 aromatic rings. The van der Waals surface area contributed by atoms with Gasteiger partial charge in [0.15, 0.2) is 0 Å². The number of rotatable bonds is 4. The van der Waals surface area contributed by atoms with Gasteiger partial charge in [-0.25, -0.2) is 4.39 Å². The maximum atomic E-state index is 13.4. The lowest BCUT2D eigenvalue weighted by Gasteiger charge is -2.48. The molecule has 1 aliphatic carbocycles. The molecule has 2 heterocycles. The Balaban J connectivity index is 1.77. The molecule has 3 rings (SSSR count). The summed E-state index contributed by atoms with van der Waals surface area (Å²) in [6.07, 6.45) is 5.74. The van der Waals surface area contributed by atoms with Crippen molar-refractivity contribution in [3.05, 3.63) is 29.8 Å². The second-order valence-corrected chi connectivity index (χ2v) is 7.30. The number of nitrogens with zero attached hydrogens (tertiary/aromatic N) is 2. The number of nitrogens with one attached hydrogen (secondary N) is 1. The highest BCUT2D eigenvalue weighted by Crippen LogP contribution is 2.42. The van der Waals surface area contributed by atoms with Crippen molar-refractivity contribution >= 4 is 0 Å². The Bertz CT molecular complexity index is 501. The van der Waals surface area contributed by atoms with Gasteiger partial charge in [-0.2, -0.15) is 0 Å². The molecule has 21 heavy (non-hydrogen) atoms. The van der Waals surface area contributed by atoms with E-state index in [4.69, 9.17) is 0 Å². The van der Waals surface area contributed by atoms with E-state index in [1.807, 2.05) is 0 Å². The van der Waals surface area contributed by atoms with Crippen molar-refractivity contribution in [2.75, 3.05) is 13.1 Å². The van der Waals surface area contributed by atoms with Gasteiger partial charge in [0.25, 0.3) is 0 Å². The molecule has 0 spiro atoms. The number of piperazine rings is 1. The summed E-state index contributed by atoms with van der Waals surface area (Å²) in [4.78, 5) is 6.51. The molecule has 116 valence electrons. The van der Waals surface area contributed by atoms with E-state index in [-0.39, 0.29) is 11.4 Å². The standard InChI is InChI=1S/C17H26FN3/c1-12(2)16-9-20-17(3,14-4-5-14)11-21(16)10-13-6-15(18)8-19-7-13/h6-8,12,14,16,20H,4-5,9-11H2,1-3H3. The zero-order chi connectivity index (χ0) is 15.0. The summed E-state index contributed by atoms with van der Waals surface area (Å²) in [5.41, 5.74) is 1.19. The quantitative estimate of drug-likeness (QED) is 0.924. The van der Waals surface area contributed by atoms with E-state index in [2.05, 4.69) is 36.0 Å². The molecule has 0 aromatic carbocycles. The second-order valence-electron chi connectivity index (χ2n) is 7.30. The van der Waals surface area contributed by atoms with Crippen LogP contribution in [0, 0.1) is 17.7 Å². The van der Waals surface area contributed by atoms with Crippen LogP contribution >= 0.6 is 0 Å². The van der Waals surface area contributed by atoms with Crippen LogP contribution in [0.15, 0.2) is 18.5 Å². The molecule has 2 fully saturated rings. The summed E-state index contributed by atoms with van der Waals surface area (Å²) in [6.45, 7) is 9.73. The lowest BCUT2D eigenvalue weighted by atomic mass is 9.88. The minimum Gasteiger partial charge on any atom is -0.308 e. The molecule has 1 aliphatic heterocycles. The van der Waals surface area contributed by atoms with E-state index in [0.717, 1.165) is 31.1 Å².